The molecule has 0 atom stereocenters. The van der Waals surface area contributed by atoms with Crippen LogP contribution in [0, 0.1) is 0 Å². The van der Waals surface area contributed by atoms with Crippen molar-refractivity contribution < 1.29 is 19.8 Å². The van der Waals surface area contributed by atoms with Crippen molar-refractivity contribution in [3.63, 3.8) is 0 Å². The predicted octanol–water partition coefficient (Wildman–Crippen LogP) is 3.55. The minimum atomic E-state index is 0. The van der Waals surface area contributed by atoms with E-state index in [9.17, 15) is 0 Å². The van der Waals surface area contributed by atoms with Gasteiger partial charge in [-0.05, 0) is 23.3 Å². The molecule has 0 bridgehead atoms. The van der Waals surface area contributed by atoms with E-state index >= 15 is 0 Å². The molecule has 1 radical (unpaired) electrons. The van der Waals surface area contributed by atoms with Gasteiger partial charge in [-0.25, -0.2) is 0 Å². The second-order valence-electron chi connectivity index (χ2n) is 3.07. The molecule has 2 rings (SSSR count). The van der Waals surface area contributed by atoms with E-state index < -0.39 is 0 Å². The molecule has 0 fully saturated rings. The molecule has 77 valence electrons. The van der Waals surface area contributed by atoms with Gasteiger partial charge in [-0.15, -0.1) is 12.6 Å². The van der Waals surface area contributed by atoms with Gasteiger partial charge in [0.1, 0.15) is 0 Å². The first-order chi connectivity index (χ1) is 6.75. The van der Waals surface area contributed by atoms with Gasteiger partial charge in [-0.1, -0.05) is 36.4 Å². The molecule has 0 nitrogen and oxygen atoms in total. The smallest absolute Gasteiger partial charge is 0.780 e. The van der Waals surface area contributed by atoms with Crippen molar-refractivity contribution >= 4 is 25.3 Å². The van der Waals surface area contributed by atoms with Crippen molar-refractivity contribution in [1.82, 2.24) is 0 Å². The zero-order valence-corrected chi connectivity index (χ0v) is 12.1. The number of rotatable bonds is 1. The Labute approximate surface area is 114 Å². The summed E-state index contributed by atoms with van der Waals surface area (Å²) >= 11 is 9.27. The molecule has 3 heteroatoms. The maximum Gasteiger partial charge on any atom is 1.00 e. The quantitative estimate of drug-likeness (QED) is 0.557. The van der Waals surface area contributed by atoms with Crippen LogP contribution in [0.15, 0.2) is 58.3 Å². The number of benzene rings is 2. The average Bonchev–Trinajstić information content (AvgIpc) is 2.21. The summed E-state index contributed by atoms with van der Waals surface area (Å²) < 4.78 is 0. The maximum atomic E-state index is 5.03. The second-order valence-corrected chi connectivity index (χ2v) is 4.06. The van der Waals surface area contributed by atoms with Crippen LogP contribution in [0.25, 0.3) is 11.1 Å². The van der Waals surface area contributed by atoms with E-state index in [1.165, 1.54) is 11.1 Å². The first-order valence-corrected chi connectivity index (χ1v) is 5.18. The average molecular weight is 408 g/mol. The van der Waals surface area contributed by atoms with Gasteiger partial charge in [0.15, 0.2) is 0 Å². The Morgan fingerprint density at radius 3 is 1.60 bits per heavy atom. The Kier molecular flexibility index (Phi) is 4.79. The largest absolute Gasteiger partial charge is 1.00 e. The molecule has 0 N–H and O–H groups in total. The molecule has 0 aliphatic heterocycles. The summed E-state index contributed by atoms with van der Waals surface area (Å²) in [6, 6.07) is 16.0. The number of hydrogen-bond acceptors (Lipinski definition) is 2. The zero-order chi connectivity index (χ0) is 9.97. The van der Waals surface area contributed by atoms with E-state index in [2.05, 4.69) is 24.8 Å². The summed E-state index contributed by atoms with van der Waals surface area (Å²) in [7, 11) is 0. The SMILES string of the molecule is [Os+].[S-]c1ccc(-c2ccc(S)cc2)cc1. The Hall–Kier alpha value is -0.354. The molecule has 2 aromatic rings. The summed E-state index contributed by atoms with van der Waals surface area (Å²) in [4.78, 5) is 1.85. The minimum absolute atomic E-state index is 0. The summed E-state index contributed by atoms with van der Waals surface area (Å²) in [5, 5.41) is 0. The molecule has 0 aromatic heterocycles. The van der Waals surface area contributed by atoms with E-state index in [1.807, 2.05) is 36.4 Å². The topological polar surface area (TPSA) is 0 Å². The van der Waals surface area contributed by atoms with E-state index in [0.717, 1.165) is 9.79 Å². The molecule has 0 saturated heterocycles. The third-order valence-corrected chi connectivity index (χ3v) is 2.63. The maximum absolute atomic E-state index is 5.03. The Morgan fingerprint density at radius 1 is 0.733 bits per heavy atom. The zero-order valence-electron chi connectivity index (χ0n) is 7.83. The molecule has 15 heavy (non-hydrogen) atoms. The van der Waals surface area contributed by atoms with Crippen LogP contribution in [0.2, 0.25) is 0 Å². The fraction of sp³-hybridized carbons (Fsp3) is 0. The van der Waals surface area contributed by atoms with E-state index in [0.29, 0.717) is 0 Å². The summed E-state index contributed by atoms with van der Waals surface area (Å²) in [5.41, 5.74) is 2.38. The fourth-order valence-corrected chi connectivity index (χ4v) is 1.59. The van der Waals surface area contributed by atoms with Crippen molar-refractivity contribution in [3.8, 4) is 11.1 Å². The van der Waals surface area contributed by atoms with Crippen LogP contribution in [-0.4, -0.2) is 0 Å². The van der Waals surface area contributed by atoms with Gasteiger partial charge in [-0.3, -0.25) is 0 Å². The van der Waals surface area contributed by atoms with Crippen LogP contribution in [-0.2, 0) is 32.4 Å². The van der Waals surface area contributed by atoms with Crippen molar-refractivity contribution in [2.45, 2.75) is 9.79 Å². The third kappa shape index (κ3) is 3.31. The van der Waals surface area contributed by atoms with Crippen LogP contribution >= 0.6 is 12.6 Å². The molecule has 0 aliphatic carbocycles. The Bertz CT molecular complexity index is 377. The summed E-state index contributed by atoms with van der Waals surface area (Å²) in [6.45, 7) is 0. The fourth-order valence-electron chi connectivity index (χ4n) is 1.30. The van der Waals surface area contributed by atoms with Gasteiger partial charge in [-0.2, -0.15) is 4.90 Å². The van der Waals surface area contributed by atoms with Crippen molar-refractivity contribution in [2.75, 3.05) is 0 Å². The van der Waals surface area contributed by atoms with Crippen LogP contribution in [0.1, 0.15) is 0 Å². The standard InChI is InChI=1S/C12H10S2.Os/c13-11-5-1-9(2-6-11)10-3-7-12(14)8-4-10;/h1-8,13-14H;/q;+1/p-1. The first kappa shape index (κ1) is 12.7. The van der Waals surface area contributed by atoms with Crippen molar-refractivity contribution in [3.05, 3.63) is 48.5 Å². The van der Waals surface area contributed by atoms with E-state index in [-0.39, 0.29) is 19.8 Å². The van der Waals surface area contributed by atoms with Crippen molar-refractivity contribution in [2.24, 2.45) is 0 Å². The molecule has 0 unspecified atom stereocenters. The molecular formula is C12H9OsS2. The second kappa shape index (κ2) is 5.65. The number of thiol groups is 1. The molecule has 0 amide bonds. The molecule has 0 saturated carbocycles. The summed E-state index contributed by atoms with van der Waals surface area (Å²) in [5.74, 6) is 0. The normalized spacial score (nSPS) is 9.40. The molecule has 0 aliphatic rings. The number of hydrogen-bond donors (Lipinski definition) is 1. The van der Waals surface area contributed by atoms with Gasteiger partial charge >= 0.3 is 19.8 Å². The van der Waals surface area contributed by atoms with Crippen LogP contribution in [0.5, 0.6) is 0 Å². The van der Waals surface area contributed by atoms with Crippen LogP contribution in [0.3, 0.4) is 0 Å². The van der Waals surface area contributed by atoms with E-state index in [1.54, 1.807) is 0 Å². The third-order valence-electron chi connectivity index (χ3n) is 2.05. The van der Waals surface area contributed by atoms with Gasteiger partial charge in [0.25, 0.3) is 0 Å². The summed E-state index contributed by atoms with van der Waals surface area (Å²) in [6.07, 6.45) is 0. The van der Waals surface area contributed by atoms with Gasteiger partial charge in [0.05, 0.1) is 0 Å². The monoisotopic (exact) mass is 409 g/mol. The van der Waals surface area contributed by atoms with Gasteiger partial charge < -0.3 is 12.6 Å². The molecular weight excluding hydrogens is 398 g/mol. The Balaban J connectivity index is 0.00000112. The Morgan fingerprint density at radius 2 is 1.13 bits per heavy atom. The first-order valence-electron chi connectivity index (χ1n) is 4.32. The van der Waals surface area contributed by atoms with Crippen LogP contribution < -0.4 is 0 Å². The van der Waals surface area contributed by atoms with Gasteiger partial charge in [0, 0.05) is 4.90 Å². The minimum Gasteiger partial charge on any atom is -0.780 e. The van der Waals surface area contributed by atoms with E-state index in [4.69, 9.17) is 12.6 Å². The predicted molar refractivity (Wildman–Crippen MR) is 64.8 cm³/mol. The van der Waals surface area contributed by atoms with Crippen LogP contribution in [0.4, 0.5) is 0 Å². The molecule has 2 aromatic carbocycles. The van der Waals surface area contributed by atoms with Gasteiger partial charge in [0.2, 0.25) is 0 Å². The molecule has 0 spiro atoms. The van der Waals surface area contributed by atoms with Crippen molar-refractivity contribution in [1.29, 1.82) is 0 Å². The molecule has 0 heterocycles.